The SMILES string of the molecule is COc1ccccc1-c1noc(-c2cc(N=S(=O)=O)c(N3CCCC(F)(F)C3)c(C)c2C)n1. The van der Waals surface area contributed by atoms with Gasteiger partial charge in [0.25, 0.3) is 11.8 Å². The van der Waals surface area contributed by atoms with Crippen molar-refractivity contribution < 1.29 is 26.5 Å². The van der Waals surface area contributed by atoms with Gasteiger partial charge in [-0.05, 0) is 49.6 Å². The second-order valence-electron chi connectivity index (χ2n) is 7.85. The van der Waals surface area contributed by atoms with Crippen LogP contribution in [0.5, 0.6) is 5.75 Å². The van der Waals surface area contributed by atoms with Crippen LogP contribution in [-0.2, 0) is 10.5 Å². The number of rotatable bonds is 5. The van der Waals surface area contributed by atoms with E-state index < -0.39 is 23.0 Å². The number of para-hydroxylation sites is 1. The number of piperidine rings is 1. The van der Waals surface area contributed by atoms with Gasteiger partial charge in [0.1, 0.15) is 11.4 Å². The second kappa shape index (κ2) is 8.89. The maximum atomic E-state index is 14.1. The lowest BCUT2D eigenvalue weighted by atomic mass is 9.97. The molecule has 0 atom stereocenters. The van der Waals surface area contributed by atoms with Crippen LogP contribution in [0.2, 0.25) is 0 Å². The molecule has 8 nitrogen and oxygen atoms in total. The van der Waals surface area contributed by atoms with Crippen molar-refractivity contribution in [3.05, 3.63) is 41.5 Å². The van der Waals surface area contributed by atoms with E-state index in [2.05, 4.69) is 14.5 Å². The molecule has 2 aromatic carbocycles. The molecule has 1 fully saturated rings. The minimum Gasteiger partial charge on any atom is -0.496 e. The van der Waals surface area contributed by atoms with Crippen molar-refractivity contribution in [3.63, 3.8) is 0 Å². The maximum Gasteiger partial charge on any atom is 0.316 e. The van der Waals surface area contributed by atoms with Crippen molar-refractivity contribution in [2.75, 3.05) is 25.1 Å². The Morgan fingerprint density at radius 1 is 1.18 bits per heavy atom. The number of alkyl halides is 2. The van der Waals surface area contributed by atoms with Gasteiger partial charge in [-0.3, -0.25) is 0 Å². The summed E-state index contributed by atoms with van der Waals surface area (Å²) in [6.45, 7) is 3.41. The smallest absolute Gasteiger partial charge is 0.316 e. The molecule has 1 aromatic heterocycles. The van der Waals surface area contributed by atoms with Crippen LogP contribution in [-0.4, -0.2) is 44.7 Å². The van der Waals surface area contributed by atoms with Gasteiger partial charge >= 0.3 is 10.5 Å². The fourth-order valence-corrected chi connectivity index (χ4v) is 4.38. The molecule has 0 amide bonds. The fourth-order valence-electron chi connectivity index (χ4n) is 4.08. The summed E-state index contributed by atoms with van der Waals surface area (Å²) in [7, 11) is -1.25. The van der Waals surface area contributed by atoms with Crippen LogP contribution >= 0.6 is 0 Å². The van der Waals surface area contributed by atoms with Crippen molar-refractivity contribution in [1.82, 2.24) is 10.1 Å². The first-order chi connectivity index (χ1) is 15.7. The molecule has 3 aromatic rings. The van der Waals surface area contributed by atoms with Crippen molar-refractivity contribution in [2.24, 2.45) is 4.36 Å². The number of aromatic nitrogens is 2. The van der Waals surface area contributed by atoms with Crippen molar-refractivity contribution in [3.8, 4) is 28.6 Å². The molecule has 0 spiro atoms. The first kappa shape index (κ1) is 22.8. The molecule has 11 heteroatoms. The summed E-state index contributed by atoms with van der Waals surface area (Å²) in [4.78, 5) is 5.96. The van der Waals surface area contributed by atoms with Gasteiger partial charge in [-0.1, -0.05) is 17.3 Å². The normalized spacial score (nSPS) is 15.4. The molecule has 0 radical (unpaired) electrons. The zero-order valence-corrected chi connectivity index (χ0v) is 19.1. The van der Waals surface area contributed by atoms with Crippen LogP contribution in [0.4, 0.5) is 20.2 Å². The van der Waals surface area contributed by atoms with E-state index in [9.17, 15) is 17.2 Å². The Hall–Kier alpha value is -3.34. The van der Waals surface area contributed by atoms with E-state index in [1.54, 1.807) is 26.0 Å². The molecule has 0 N–H and O–H groups in total. The monoisotopic (exact) mass is 476 g/mol. The van der Waals surface area contributed by atoms with Gasteiger partial charge in [-0.25, -0.2) is 8.78 Å². The lowest BCUT2D eigenvalue weighted by molar-refractivity contribution is -0.0116. The van der Waals surface area contributed by atoms with Gasteiger partial charge in [0.05, 0.1) is 24.9 Å². The number of benzene rings is 2. The van der Waals surface area contributed by atoms with Crippen LogP contribution in [0.3, 0.4) is 0 Å². The fraction of sp³-hybridized carbons (Fsp3) is 0.364. The van der Waals surface area contributed by atoms with E-state index in [0.29, 0.717) is 52.5 Å². The Bertz CT molecular complexity index is 1330. The molecule has 4 rings (SSSR count). The molecule has 1 saturated heterocycles. The standard InChI is InChI=1S/C22H22F2N4O4S/c1-13-14(2)19(28-10-6-9-22(23,24)12-28)17(27-33(29)30)11-16(13)21-25-20(26-32-21)15-7-4-5-8-18(15)31-3/h4-5,7-8,11H,6,9-10,12H2,1-3H3. The zero-order valence-electron chi connectivity index (χ0n) is 18.3. The Labute approximate surface area is 190 Å². The minimum atomic E-state index is -2.86. The van der Waals surface area contributed by atoms with E-state index in [1.165, 1.54) is 18.1 Å². The van der Waals surface area contributed by atoms with Crippen LogP contribution in [0.25, 0.3) is 22.8 Å². The molecule has 0 unspecified atom stereocenters. The summed E-state index contributed by atoms with van der Waals surface area (Å²) < 4.78 is 65.6. The van der Waals surface area contributed by atoms with Gasteiger partial charge in [0.15, 0.2) is 0 Å². The number of nitrogens with zero attached hydrogens (tertiary/aromatic N) is 4. The van der Waals surface area contributed by atoms with E-state index in [1.807, 2.05) is 12.1 Å². The van der Waals surface area contributed by atoms with E-state index in [4.69, 9.17) is 9.26 Å². The molecular weight excluding hydrogens is 454 g/mol. The lowest BCUT2D eigenvalue weighted by Crippen LogP contribution is -2.43. The summed E-state index contributed by atoms with van der Waals surface area (Å²) in [6.07, 6.45) is 0.0896. The molecule has 1 aliphatic rings. The number of halogens is 2. The Balaban J connectivity index is 1.84. The van der Waals surface area contributed by atoms with Gasteiger partial charge in [-0.2, -0.15) is 13.4 Å². The highest BCUT2D eigenvalue weighted by atomic mass is 32.2. The predicted molar refractivity (Wildman–Crippen MR) is 119 cm³/mol. The molecule has 174 valence electrons. The molecule has 33 heavy (non-hydrogen) atoms. The largest absolute Gasteiger partial charge is 0.496 e. The first-order valence-corrected chi connectivity index (χ1v) is 11.3. The third-order valence-corrected chi connectivity index (χ3v) is 6.08. The van der Waals surface area contributed by atoms with Crippen LogP contribution in [0, 0.1) is 13.8 Å². The highest BCUT2D eigenvalue weighted by Crippen LogP contribution is 2.42. The predicted octanol–water partition coefficient (Wildman–Crippen LogP) is 4.96. The van der Waals surface area contributed by atoms with Crippen molar-refractivity contribution in [2.45, 2.75) is 32.6 Å². The number of hydrogen-bond acceptors (Lipinski definition) is 8. The third-order valence-electron chi connectivity index (χ3n) is 5.73. The van der Waals surface area contributed by atoms with Crippen LogP contribution in [0.15, 0.2) is 39.2 Å². The second-order valence-corrected chi connectivity index (χ2v) is 8.47. The number of anilines is 1. The Kier molecular flexibility index (Phi) is 6.15. The highest BCUT2D eigenvalue weighted by molar-refractivity contribution is 7.61. The molecule has 0 aliphatic carbocycles. The van der Waals surface area contributed by atoms with Crippen LogP contribution in [0.1, 0.15) is 24.0 Å². The summed E-state index contributed by atoms with van der Waals surface area (Å²) >= 11 is 0. The van der Waals surface area contributed by atoms with Crippen molar-refractivity contribution >= 4 is 21.9 Å². The lowest BCUT2D eigenvalue weighted by Gasteiger charge is -2.36. The topological polar surface area (TPSA) is 97.9 Å². The summed E-state index contributed by atoms with van der Waals surface area (Å²) in [5, 5.41) is 4.04. The quantitative estimate of drug-likeness (QED) is 0.513. The molecular formula is C22H22F2N4O4S. The van der Waals surface area contributed by atoms with Gasteiger partial charge < -0.3 is 14.2 Å². The molecule has 1 aliphatic heterocycles. The van der Waals surface area contributed by atoms with E-state index in [-0.39, 0.29) is 18.0 Å². The van der Waals surface area contributed by atoms with E-state index >= 15 is 0 Å². The molecule has 0 saturated carbocycles. The van der Waals surface area contributed by atoms with Gasteiger partial charge in [0.2, 0.25) is 5.82 Å². The van der Waals surface area contributed by atoms with Gasteiger partial charge in [-0.15, -0.1) is 4.36 Å². The average Bonchev–Trinajstić information content (AvgIpc) is 3.25. The number of hydrogen-bond donors (Lipinski definition) is 0. The Morgan fingerprint density at radius 3 is 2.64 bits per heavy atom. The number of methoxy groups -OCH3 is 1. The third kappa shape index (κ3) is 4.58. The molecule has 2 heterocycles. The van der Waals surface area contributed by atoms with Crippen LogP contribution < -0.4 is 9.64 Å². The number of ether oxygens (including phenoxy) is 1. The van der Waals surface area contributed by atoms with Crippen molar-refractivity contribution in [1.29, 1.82) is 0 Å². The maximum absolute atomic E-state index is 14.1. The summed E-state index contributed by atoms with van der Waals surface area (Å²) in [5.41, 5.74) is 2.83. The highest BCUT2D eigenvalue weighted by Gasteiger charge is 2.37. The van der Waals surface area contributed by atoms with E-state index in [0.717, 1.165) is 0 Å². The zero-order chi connectivity index (χ0) is 23.8. The minimum absolute atomic E-state index is 0.0520. The Morgan fingerprint density at radius 2 is 1.94 bits per heavy atom. The average molecular weight is 477 g/mol. The summed E-state index contributed by atoms with van der Waals surface area (Å²) in [5.74, 6) is -1.84. The molecule has 0 bridgehead atoms. The first-order valence-electron chi connectivity index (χ1n) is 10.3. The van der Waals surface area contributed by atoms with Gasteiger partial charge in [0, 0.05) is 18.5 Å². The summed E-state index contributed by atoms with van der Waals surface area (Å²) in [6, 6.07) is 8.67.